The molecular weight excluding hydrogens is 496 g/mol. The van der Waals surface area contributed by atoms with Gasteiger partial charge >= 0.3 is 29.8 Å². The van der Waals surface area contributed by atoms with Crippen LogP contribution < -0.4 is 0 Å². The van der Waals surface area contributed by atoms with Crippen molar-refractivity contribution in [1.82, 2.24) is 0 Å². The molecule has 13 nitrogen and oxygen atoms in total. The first-order chi connectivity index (χ1) is 17.7. The molecule has 0 aromatic heterocycles. The number of ether oxygens (including phenoxy) is 7. The summed E-state index contributed by atoms with van der Waals surface area (Å²) in [5.41, 5.74) is 0. The molecule has 0 aromatic carbocycles. The van der Waals surface area contributed by atoms with Gasteiger partial charge in [0.25, 0.3) is 0 Å². The summed E-state index contributed by atoms with van der Waals surface area (Å²) in [5.74, 6) is -3.45. The molecular formula is C24H38O13. The molecule has 0 saturated heterocycles. The molecule has 0 radical (unpaired) electrons. The molecule has 0 atom stereocenters. The third-order valence-corrected chi connectivity index (χ3v) is 4.42. The summed E-state index contributed by atoms with van der Waals surface area (Å²) in [6.45, 7) is -0.0716. The number of hydrogen-bond donors (Lipinski definition) is 0. The number of carbonyl (C=O) groups excluding carboxylic acids is 6. The number of carbonyl (C=O) groups is 6. The second kappa shape index (κ2) is 23.3. The van der Waals surface area contributed by atoms with Gasteiger partial charge in [0.1, 0.15) is 25.6 Å². The monoisotopic (exact) mass is 534 g/mol. The molecule has 0 amide bonds. The number of Topliss-reactive ketones (excluding diaryl/α,β-unsaturated/α-hetero) is 1. The molecule has 0 heterocycles. The van der Waals surface area contributed by atoms with Gasteiger partial charge in [-0.15, -0.1) is 0 Å². The Kier molecular flexibility index (Phi) is 21.4. The van der Waals surface area contributed by atoms with Crippen LogP contribution in [0, 0.1) is 0 Å². The number of ketones is 1. The van der Waals surface area contributed by atoms with Crippen molar-refractivity contribution in [3.8, 4) is 0 Å². The minimum atomic E-state index is -0.888. The molecule has 0 aromatic rings. The first kappa shape index (κ1) is 33.9. The van der Waals surface area contributed by atoms with Crippen molar-refractivity contribution in [2.75, 3.05) is 60.0 Å². The third kappa shape index (κ3) is 24.4. The van der Waals surface area contributed by atoms with Crippen molar-refractivity contribution in [3.63, 3.8) is 0 Å². The zero-order chi connectivity index (χ0) is 27.7. The summed E-state index contributed by atoms with van der Waals surface area (Å²) in [6, 6.07) is 0. The lowest BCUT2D eigenvalue weighted by molar-refractivity contribution is -0.166. The predicted molar refractivity (Wildman–Crippen MR) is 125 cm³/mol. The van der Waals surface area contributed by atoms with Crippen LogP contribution in [0.5, 0.6) is 0 Å². The molecule has 0 unspecified atom stereocenters. The van der Waals surface area contributed by atoms with Crippen molar-refractivity contribution in [2.45, 2.75) is 58.3 Å². The lowest BCUT2D eigenvalue weighted by Crippen LogP contribution is -2.23. The van der Waals surface area contributed by atoms with Crippen LogP contribution >= 0.6 is 0 Å². The van der Waals surface area contributed by atoms with E-state index in [1.54, 1.807) is 0 Å². The van der Waals surface area contributed by atoms with E-state index in [1.807, 2.05) is 0 Å². The highest BCUT2D eigenvalue weighted by Crippen LogP contribution is 2.03. The van der Waals surface area contributed by atoms with Gasteiger partial charge in [-0.3, -0.25) is 4.79 Å². The summed E-state index contributed by atoms with van der Waals surface area (Å²) in [7, 11) is 1.51. The fraction of sp³-hybridized carbons (Fsp3) is 0.750. The van der Waals surface area contributed by atoms with Crippen LogP contribution in [-0.4, -0.2) is 95.6 Å². The molecule has 37 heavy (non-hydrogen) atoms. The Bertz CT molecular complexity index is 705. The Labute approximate surface area is 216 Å². The Hall–Kier alpha value is -3.06. The summed E-state index contributed by atoms with van der Waals surface area (Å²) < 4.78 is 33.6. The molecule has 0 aliphatic carbocycles. The topological polar surface area (TPSA) is 167 Å². The molecule has 0 N–H and O–H groups in total. The summed E-state index contributed by atoms with van der Waals surface area (Å²) in [4.78, 5) is 68.3. The van der Waals surface area contributed by atoms with Crippen molar-refractivity contribution in [1.29, 1.82) is 0 Å². The first-order valence-electron chi connectivity index (χ1n) is 12.1. The lowest BCUT2D eigenvalue weighted by Gasteiger charge is -2.08. The highest BCUT2D eigenvalue weighted by Gasteiger charge is 2.12. The van der Waals surface area contributed by atoms with E-state index in [9.17, 15) is 28.8 Å². The minimum Gasteiger partial charge on any atom is -0.463 e. The van der Waals surface area contributed by atoms with Crippen LogP contribution in [0.1, 0.15) is 58.3 Å². The second-order valence-corrected chi connectivity index (χ2v) is 7.79. The van der Waals surface area contributed by atoms with Crippen LogP contribution in [0.3, 0.4) is 0 Å². The van der Waals surface area contributed by atoms with Gasteiger partial charge in [0.15, 0.2) is 13.2 Å². The zero-order valence-electron chi connectivity index (χ0n) is 21.6. The maximum atomic E-state index is 11.6. The Balaban J connectivity index is 3.63. The maximum Gasteiger partial charge on any atom is 0.344 e. The highest BCUT2D eigenvalue weighted by molar-refractivity contribution is 5.78. The number of hydrogen-bond acceptors (Lipinski definition) is 13. The average Bonchev–Trinajstić information content (AvgIpc) is 2.85. The summed E-state index contributed by atoms with van der Waals surface area (Å²) in [5, 5.41) is 0. The molecule has 0 rings (SSSR count). The molecule has 0 saturated carbocycles. The van der Waals surface area contributed by atoms with E-state index in [-0.39, 0.29) is 38.0 Å². The van der Waals surface area contributed by atoms with Crippen LogP contribution in [0.25, 0.3) is 0 Å². The van der Waals surface area contributed by atoms with Gasteiger partial charge in [0.05, 0.1) is 19.8 Å². The third-order valence-electron chi connectivity index (χ3n) is 4.42. The maximum absolute atomic E-state index is 11.6. The molecule has 0 bridgehead atoms. The van der Waals surface area contributed by atoms with Gasteiger partial charge < -0.3 is 38.0 Å². The van der Waals surface area contributed by atoms with Gasteiger partial charge in [0, 0.05) is 20.0 Å². The van der Waals surface area contributed by atoms with Crippen molar-refractivity contribution in [2.24, 2.45) is 0 Å². The summed E-state index contributed by atoms with van der Waals surface area (Å²) in [6.07, 6.45) is 4.58. The van der Waals surface area contributed by atoms with Crippen molar-refractivity contribution >= 4 is 35.6 Å². The first-order valence-corrected chi connectivity index (χ1v) is 12.1. The lowest BCUT2D eigenvalue weighted by atomic mass is 10.1. The van der Waals surface area contributed by atoms with E-state index in [0.717, 1.165) is 12.8 Å². The van der Waals surface area contributed by atoms with E-state index < -0.39 is 50.3 Å². The molecule has 0 fully saturated rings. The Morgan fingerprint density at radius 1 is 0.459 bits per heavy atom. The molecule has 0 aliphatic heterocycles. The second-order valence-electron chi connectivity index (χ2n) is 7.79. The zero-order valence-corrected chi connectivity index (χ0v) is 21.6. The van der Waals surface area contributed by atoms with E-state index in [2.05, 4.69) is 9.47 Å². The normalized spacial score (nSPS) is 10.3. The standard InChI is InChI=1S/C24H38O13/c1-19(25)9-5-3-7-11-33-23(29)17-36-21(27)15-32-16-22(28)37-18-24(30)34-12-8-4-6-10-20(26)35-14-13-31-2/h3-18H2,1-2H3. The average molecular weight is 535 g/mol. The largest absolute Gasteiger partial charge is 0.463 e. The molecule has 212 valence electrons. The van der Waals surface area contributed by atoms with Crippen LogP contribution in [0.2, 0.25) is 0 Å². The number of rotatable bonds is 23. The highest BCUT2D eigenvalue weighted by atomic mass is 16.6. The van der Waals surface area contributed by atoms with Crippen molar-refractivity contribution in [3.05, 3.63) is 0 Å². The van der Waals surface area contributed by atoms with E-state index >= 15 is 0 Å². The van der Waals surface area contributed by atoms with E-state index in [0.29, 0.717) is 38.7 Å². The number of unbranched alkanes of at least 4 members (excludes halogenated alkanes) is 4. The quantitative estimate of drug-likeness (QED) is 0.104. The summed E-state index contributed by atoms with van der Waals surface area (Å²) >= 11 is 0. The fourth-order valence-corrected chi connectivity index (χ4v) is 2.55. The smallest absolute Gasteiger partial charge is 0.344 e. The molecule has 13 heteroatoms. The molecule has 0 aliphatic rings. The van der Waals surface area contributed by atoms with Gasteiger partial charge in [-0.25, -0.2) is 19.2 Å². The van der Waals surface area contributed by atoms with Crippen molar-refractivity contribution < 1.29 is 61.9 Å². The van der Waals surface area contributed by atoms with Crippen LogP contribution in [0.4, 0.5) is 0 Å². The SMILES string of the molecule is COCCOC(=O)CCCCCOC(=O)COC(=O)COCC(=O)OCC(=O)OCCCCCC(C)=O. The van der Waals surface area contributed by atoms with Gasteiger partial charge in [-0.2, -0.15) is 0 Å². The Morgan fingerprint density at radius 2 is 0.919 bits per heavy atom. The van der Waals surface area contributed by atoms with E-state index in [4.69, 9.17) is 23.7 Å². The predicted octanol–water partition coefficient (Wildman–Crippen LogP) is 1.08. The van der Waals surface area contributed by atoms with Crippen LogP contribution in [0.15, 0.2) is 0 Å². The Morgan fingerprint density at radius 3 is 1.41 bits per heavy atom. The van der Waals surface area contributed by atoms with Gasteiger partial charge in [-0.1, -0.05) is 0 Å². The van der Waals surface area contributed by atoms with E-state index in [1.165, 1.54) is 14.0 Å². The minimum absolute atomic E-state index is 0.108. The number of methoxy groups -OCH3 is 1. The van der Waals surface area contributed by atoms with Crippen LogP contribution in [-0.2, 0) is 61.9 Å². The number of esters is 5. The van der Waals surface area contributed by atoms with Gasteiger partial charge in [0.2, 0.25) is 0 Å². The fourth-order valence-electron chi connectivity index (χ4n) is 2.55. The van der Waals surface area contributed by atoms with Gasteiger partial charge in [-0.05, 0) is 45.4 Å². The molecule has 0 spiro atoms.